The molecular weight excluding hydrogens is 354 g/mol. The van der Waals surface area contributed by atoms with E-state index in [1.807, 2.05) is 54.6 Å². The van der Waals surface area contributed by atoms with E-state index in [1.54, 1.807) is 14.2 Å². The lowest BCUT2D eigenvalue weighted by atomic mass is 9.98. The number of hydrogen-bond donors (Lipinski definition) is 2. The number of benzene rings is 2. The minimum Gasteiger partial charge on any atom is -0.497 e. The number of nitrogens with zero attached hydrogens (tertiary/aromatic N) is 3. The number of aromatic nitrogens is 3. The third kappa shape index (κ3) is 3.14. The number of methoxy groups -OCH3 is 2. The highest BCUT2D eigenvalue weighted by Gasteiger charge is 2.15. The number of pyridine rings is 1. The van der Waals surface area contributed by atoms with Crippen molar-refractivity contribution in [1.29, 1.82) is 0 Å². The molecule has 28 heavy (non-hydrogen) atoms. The molecule has 2 aromatic heterocycles. The summed E-state index contributed by atoms with van der Waals surface area (Å²) in [6, 6.07) is 17.4. The molecule has 0 aliphatic heterocycles. The van der Waals surface area contributed by atoms with Crippen molar-refractivity contribution < 1.29 is 9.47 Å². The molecule has 0 bridgehead atoms. The molecule has 2 heterocycles. The van der Waals surface area contributed by atoms with E-state index in [1.165, 1.54) is 0 Å². The molecule has 0 aliphatic rings. The van der Waals surface area contributed by atoms with Crippen LogP contribution in [0.4, 0.5) is 11.8 Å². The van der Waals surface area contributed by atoms with E-state index < -0.39 is 0 Å². The Hall–Kier alpha value is -3.87. The van der Waals surface area contributed by atoms with Gasteiger partial charge in [0.2, 0.25) is 5.95 Å². The van der Waals surface area contributed by atoms with Crippen molar-refractivity contribution in [1.82, 2.24) is 15.0 Å². The third-order valence-corrected chi connectivity index (χ3v) is 4.50. The first-order valence-electron chi connectivity index (χ1n) is 8.61. The van der Waals surface area contributed by atoms with Gasteiger partial charge < -0.3 is 20.9 Å². The lowest BCUT2D eigenvalue weighted by Crippen LogP contribution is -2.03. The fraction of sp³-hybridized carbons (Fsp3) is 0.0952. The molecular formula is C21H19N5O2. The molecule has 0 unspecified atom stereocenters. The van der Waals surface area contributed by atoms with Crippen LogP contribution in [0.1, 0.15) is 0 Å². The van der Waals surface area contributed by atoms with Gasteiger partial charge in [0.05, 0.1) is 25.3 Å². The van der Waals surface area contributed by atoms with Crippen LogP contribution in [-0.2, 0) is 0 Å². The van der Waals surface area contributed by atoms with Gasteiger partial charge in [0.15, 0.2) is 5.65 Å². The molecule has 4 N–H and O–H groups in total. The average Bonchev–Trinajstić information content (AvgIpc) is 2.73. The van der Waals surface area contributed by atoms with Crippen molar-refractivity contribution >= 4 is 22.8 Å². The van der Waals surface area contributed by atoms with Gasteiger partial charge in [-0.2, -0.15) is 9.97 Å². The summed E-state index contributed by atoms with van der Waals surface area (Å²) in [5.41, 5.74) is 15.8. The van der Waals surface area contributed by atoms with Gasteiger partial charge in [0.25, 0.3) is 0 Å². The van der Waals surface area contributed by atoms with Crippen LogP contribution >= 0.6 is 0 Å². The number of fused-ring (bicyclic) bond motifs is 1. The summed E-state index contributed by atoms with van der Waals surface area (Å²) in [6.45, 7) is 0. The minimum absolute atomic E-state index is 0.0929. The maximum absolute atomic E-state index is 6.07. The molecule has 4 aromatic rings. The molecule has 0 spiro atoms. The van der Waals surface area contributed by atoms with Gasteiger partial charge in [-0.1, -0.05) is 12.1 Å². The average molecular weight is 373 g/mol. The minimum atomic E-state index is 0.0929. The number of nitrogens with two attached hydrogens (primary N) is 2. The van der Waals surface area contributed by atoms with Crippen LogP contribution in [0.3, 0.4) is 0 Å². The number of nitrogen functional groups attached to an aromatic ring is 2. The Labute approximate surface area is 162 Å². The fourth-order valence-corrected chi connectivity index (χ4v) is 3.05. The molecule has 4 rings (SSSR count). The highest BCUT2D eigenvalue weighted by Crippen LogP contribution is 2.35. The monoisotopic (exact) mass is 373 g/mol. The molecule has 7 nitrogen and oxygen atoms in total. The summed E-state index contributed by atoms with van der Waals surface area (Å²) in [6.07, 6.45) is 0. The number of rotatable bonds is 4. The maximum Gasteiger partial charge on any atom is 0.224 e. The van der Waals surface area contributed by atoms with E-state index in [-0.39, 0.29) is 5.95 Å². The van der Waals surface area contributed by atoms with Gasteiger partial charge in [0, 0.05) is 11.1 Å². The van der Waals surface area contributed by atoms with Crippen LogP contribution in [-0.4, -0.2) is 29.2 Å². The number of hydrogen-bond acceptors (Lipinski definition) is 7. The molecule has 0 fully saturated rings. The van der Waals surface area contributed by atoms with Gasteiger partial charge in [-0.3, -0.25) is 0 Å². The Morgan fingerprint density at radius 1 is 0.714 bits per heavy atom. The van der Waals surface area contributed by atoms with Gasteiger partial charge in [-0.05, 0) is 48.0 Å². The zero-order valence-corrected chi connectivity index (χ0v) is 15.5. The molecule has 0 amide bonds. The Morgan fingerprint density at radius 3 is 1.86 bits per heavy atom. The molecule has 7 heteroatoms. The van der Waals surface area contributed by atoms with Crippen LogP contribution in [0.25, 0.3) is 33.4 Å². The van der Waals surface area contributed by atoms with E-state index in [0.29, 0.717) is 16.9 Å². The predicted molar refractivity (Wildman–Crippen MR) is 110 cm³/mol. The topological polar surface area (TPSA) is 109 Å². The number of ether oxygens (including phenoxy) is 2. The molecule has 0 aliphatic carbocycles. The first kappa shape index (κ1) is 17.5. The molecule has 0 saturated carbocycles. The largest absolute Gasteiger partial charge is 0.497 e. The van der Waals surface area contributed by atoms with Crippen LogP contribution in [0.5, 0.6) is 11.5 Å². The Kier molecular flexibility index (Phi) is 4.41. The predicted octanol–water partition coefficient (Wildman–Crippen LogP) is 3.54. The van der Waals surface area contributed by atoms with Crippen molar-refractivity contribution in [3.63, 3.8) is 0 Å². The molecule has 2 aromatic carbocycles. The zero-order valence-electron chi connectivity index (χ0n) is 15.5. The summed E-state index contributed by atoms with van der Waals surface area (Å²) in [5, 5.41) is 0.650. The second-order valence-corrected chi connectivity index (χ2v) is 6.18. The molecule has 0 radical (unpaired) electrons. The van der Waals surface area contributed by atoms with Crippen molar-refractivity contribution in [2.75, 3.05) is 25.7 Å². The summed E-state index contributed by atoms with van der Waals surface area (Å²) in [5.74, 6) is 1.94. The van der Waals surface area contributed by atoms with E-state index in [4.69, 9.17) is 25.9 Å². The van der Waals surface area contributed by atoms with E-state index in [9.17, 15) is 0 Å². The van der Waals surface area contributed by atoms with Crippen molar-refractivity contribution in [3.8, 4) is 33.9 Å². The molecule has 0 saturated heterocycles. The van der Waals surface area contributed by atoms with Crippen LogP contribution in [0.2, 0.25) is 0 Å². The summed E-state index contributed by atoms with van der Waals surface area (Å²) >= 11 is 0. The van der Waals surface area contributed by atoms with Gasteiger partial charge in [-0.25, -0.2) is 4.98 Å². The van der Waals surface area contributed by atoms with Gasteiger partial charge in [-0.15, -0.1) is 0 Å². The van der Waals surface area contributed by atoms with E-state index >= 15 is 0 Å². The lowest BCUT2D eigenvalue weighted by molar-refractivity contribution is 0.414. The third-order valence-electron chi connectivity index (χ3n) is 4.50. The van der Waals surface area contributed by atoms with Crippen LogP contribution in [0.15, 0.2) is 54.6 Å². The maximum atomic E-state index is 6.07. The molecule has 0 atom stereocenters. The summed E-state index contributed by atoms with van der Waals surface area (Å²) in [4.78, 5) is 13.1. The fourth-order valence-electron chi connectivity index (χ4n) is 3.05. The summed E-state index contributed by atoms with van der Waals surface area (Å²) in [7, 11) is 3.27. The standard InChI is InChI=1S/C21H19N5O2/c1-27-14-7-3-12(4-8-14)16-11-17-19(22)25-21(23)26-20(17)24-18(16)13-5-9-15(28-2)10-6-13/h3-11H,1-2H3,(H4,22,23,24,25,26). The van der Waals surface area contributed by atoms with Crippen molar-refractivity contribution in [2.45, 2.75) is 0 Å². The quantitative estimate of drug-likeness (QED) is 0.563. The van der Waals surface area contributed by atoms with Gasteiger partial charge >= 0.3 is 0 Å². The lowest BCUT2D eigenvalue weighted by Gasteiger charge is -2.13. The highest BCUT2D eigenvalue weighted by molar-refractivity contribution is 5.95. The normalized spacial score (nSPS) is 10.8. The van der Waals surface area contributed by atoms with E-state index in [2.05, 4.69) is 9.97 Å². The number of anilines is 2. The van der Waals surface area contributed by atoms with Crippen molar-refractivity contribution in [3.05, 3.63) is 54.6 Å². The Bertz CT molecular complexity index is 1140. The SMILES string of the molecule is COc1ccc(-c2cc3c(N)nc(N)nc3nc2-c2ccc(OC)cc2)cc1. The zero-order chi connectivity index (χ0) is 19.7. The second kappa shape index (κ2) is 7.03. The molecule has 140 valence electrons. The second-order valence-electron chi connectivity index (χ2n) is 6.18. The Morgan fingerprint density at radius 2 is 1.29 bits per heavy atom. The first-order valence-corrected chi connectivity index (χ1v) is 8.61. The smallest absolute Gasteiger partial charge is 0.224 e. The van der Waals surface area contributed by atoms with Crippen molar-refractivity contribution in [2.24, 2.45) is 0 Å². The Balaban J connectivity index is 1.98. The van der Waals surface area contributed by atoms with Crippen LogP contribution < -0.4 is 20.9 Å². The van der Waals surface area contributed by atoms with Gasteiger partial charge in [0.1, 0.15) is 17.3 Å². The first-order chi connectivity index (χ1) is 13.6. The summed E-state index contributed by atoms with van der Waals surface area (Å²) < 4.78 is 10.5. The highest BCUT2D eigenvalue weighted by atomic mass is 16.5. The van der Waals surface area contributed by atoms with E-state index in [0.717, 1.165) is 33.9 Å². The van der Waals surface area contributed by atoms with Crippen LogP contribution in [0, 0.1) is 0 Å².